The zero-order valence-corrected chi connectivity index (χ0v) is 11.8. The minimum atomic E-state index is -4.41. The van der Waals surface area contributed by atoms with E-state index in [-0.39, 0.29) is 24.5 Å². The molecule has 0 spiro atoms. The number of carbonyl (C=O) groups is 2. The lowest BCUT2D eigenvalue weighted by Gasteiger charge is -2.29. The van der Waals surface area contributed by atoms with Gasteiger partial charge < -0.3 is 4.90 Å². The maximum absolute atomic E-state index is 12.6. The van der Waals surface area contributed by atoms with Crippen LogP contribution in [-0.2, 0) is 15.8 Å². The maximum Gasteiger partial charge on any atom is 0.416 e. The zero-order chi connectivity index (χ0) is 15.8. The van der Waals surface area contributed by atoms with Gasteiger partial charge in [-0.15, -0.1) is 0 Å². The number of benzene rings is 1. The highest BCUT2D eigenvalue weighted by atomic mass is 19.4. The summed E-state index contributed by atoms with van der Waals surface area (Å²) in [7, 11) is 0. The van der Waals surface area contributed by atoms with E-state index < -0.39 is 17.2 Å². The summed E-state index contributed by atoms with van der Waals surface area (Å²) in [5.74, 6) is -0.509. The van der Waals surface area contributed by atoms with Crippen LogP contribution in [0, 0.1) is 5.41 Å². The monoisotopic (exact) mass is 299 g/mol. The highest BCUT2D eigenvalue weighted by Crippen LogP contribution is 2.33. The number of hydrogen-bond donors (Lipinski definition) is 0. The summed E-state index contributed by atoms with van der Waals surface area (Å²) in [5.41, 5.74) is -0.772. The Morgan fingerprint density at radius 1 is 1.10 bits per heavy atom. The summed E-state index contributed by atoms with van der Waals surface area (Å²) < 4.78 is 37.7. The average molecular weight is 299 g/mol. The summed E-state index contributed by atoms with van der Waals surface area (Å²) in [6.07, 6.45) is -4.32. The van der Waals surface area contributed by atoms with Crippen molar-refractivity contribution in [3.05, 3.63) is 29.8 Å². The minimum absolute atomic E-state index is 0.139. The molecule has 1 aliphatic heterocycles. The third-order valence-electron chi connectivity index (χ3n) is 3.42. The summed E-state index contributed by atoms with van der Waals surface area (Å²) >= 11 is 0. The topological polar surface area (TPSA) is 37.4 Å². The maximum atomic E-state index is 12.6. The number of carbonyl (C=O) groups excluding carboxylic acids is 2. The summed E-state index contributed by atoms with van der Waals surface area (Å²) in [6, 6.07) is 4.43. The van der Waals surface area contributed by atoms with E-state index >= 15 is 0 Å². The number of anilines is 1. The molecule has 0 radical (unpaired) electrons. The molecule has 2 rings (SSSR count). The van der Waals surface area contributed by atoms with Gasteiger partial charge in [0.25, 0.3) is 0 Å². The van der Waals surface area contributed by atoms with Crippen molar-refractivity contribution in [3.8, 4) is 0 Å². The molecule has 0 unspecified atom stereocenters. The van der Waals surface area contributed by atoms with Crippen LogP contribution in [0.3, 0.4) is 0 Å². The van der Waals surface area contributed by atoms with Gasteiger partial charge in [-0.2, -0.15) is 13.2 Å². The van der Waals surface area contributed by atoms with Crippen molar-refractivity contribution in [2.75, 3.05) is 11.4 Å². The molecule has 1 aromatic carbocycles. The number of rotatable bonds is 1. The van der Waals surface area contributed by atoms with E-state index in [1.807, 2.05) is 13.8 Å². The largest absolute Gasteiger partial charge is 0.416 e. The minimum Gasteiger partial charge on any atom is -0.312 e. The lowest BCUT2D eigenvalue weighted by atomic mass is 9.87. The van der Waals surface area contributed by atoms with Crippen molar-refractivity contribution in [2.45, 2.75) is 32.9 Å². The fourth-order valence-corrected chi connectivity index (χ4v) is 2.50. The van der Waals surface area contributed by atoms with Crippen molar-refractivity contribution in [3.63, 3.8) is 0 Å². The van der Waals surface area contributed by atoms with Crippen LogP contribution in [0.4, 0.5) is 18.9 Å². The third-order valence-corrected chi connectivity index (χ3v) is 3.42. The van der Waals surface area contributed by atoms with Crippen molar-refractivity contribution in [2.24, 2.45) is 5.41 Å². The lowest BCUT2D eigenvalue weighted by molar-refractivity contribution is -0.137. The Bertz CT molecular complexity index is 561. The van der Waals surface area contributed by atoms with Gasteiger partial charge in [-0.05, 0) is 29.7 Å². The summed E-state index contributed by atoms with van der Waals surface area (Å²) in [4.78, 5) is 25.1. The Morgan fingerprint density at radius 2 is 1.67 bits per heavy atom. The van der Waals surface area contributed by atoms with E-state index in [9.17, 15) is 22.8 Å². The van der Waals surface area contributed by atoms with Crippen LogP contribution in [0.15, 0.2) is 24.3 Å². The highest BCUT2D eigenvalue weighted by Gasteiger charge is 2.34. The molecule has 1 aliphatic rings. The van der Waals surface area contributed by atoms with Gasteiger partial charge in [0, 0.05) is 18.7 Å². The number of ketones is 1. The van der Waals surface area contributed by atoms with Crippen LogP contribution >= 0.6 is 0 Å². The number of Topliss-reactive ketones (excluding diaryl/α,β-unsaturated/α-hetero) is 1. The lowest BCUT2D eigenvalue weighted by Crippen LogP contribution is -2.36. The fraction of sp³-hybridized carbons (Fsp3) is 0.467. The van der Waals surface area contributed by atoms with Gasteiger partial charge in [-0.25, -0.2) is 0 Å². The SMILES string of the molecule is CC1(C)CC(=O)CC(=O)N(c2ccc(C(F)(F)F)cc2)C1. The first-order valence-corrected chi connectivity index (χ1v) is 6.58. The molecule has 0 aromatic heterocycles. The van der Waals surface area contributed by atoms with Gasteiger partial charge in [0.05, 0.1) is 12.0 Å². The molecule has 6 heteroatoms. The molecule has 1 saturated heterocycles. The van der Waals surface area contributed by atoms with Gasteiger partial charge in [0.15, 0.2) is 0 Å². The number of amides is 1. The Kier molecular flexibility index (Phi) is 3.82. The molecule has 0 atom stereocenters. The van der Waals surface area contributed by atoms with Gasteiger partial charge in [0.2, 0.25) is 5.91 Å². The van der Waals surface area contributed by atoms with Crippen molar-refractivity contribution in [1.82, 2.24) is 0 Å². The van der Waals surface area contributed by atoms with Crippen molar-refractivity contribution >= 4 is 17.4 Å². The molecule has 0 bridgehead atoms. The van der Waals surface area contributed by atoms with Gasteiger partial charge >= 0.3 is 6.18 Å². The van der Waals surface area contributed by atoms with Crippen LogP contribution in [0.2, 0.25) is 0 Å². The predicted molar refractivity (Wildman–Crippen MR) is 71.8 cm³/mol. The van der Waals surface area contributed by atoms with Crippen molar-refractivity contribution in [1.29, 1.82) is 0 Å². The average Bonchev–Trinajstić information content (AvgIpc) is 2.43. The molecule has 0 saturated carbocycles. The molecular formula is C15H16F3NO2. The molecule has 0 aliphatic carbocycles. The van der Waals surface area contributed by atoms with Crippen LogP contribution in [-0.4, -0.2) is 18.2 Å². The van der Waals surface area contributed by atoms with E-state index in [1.54, 1.807) is 0 Å². The normalized spacial score (nSPS) is 19.6. The van der Waals surface area contributed by atoms with Gasteiger partial charge in [0.1, 0.15) is 5.78 Å². The fourth-order valence-electron chi connectivity index (χ4n) is 2.50. The number of nitrogens with zero attached hydrogens (tertiary/aromatic N) is 1. The molecule has 0 N–H and O–H groups in total. The molecule has 1 fully saturated rings. The molecule has 21 heavy (non-hydrogen) atoms. The van der Waals surface area contributed by atoms with E-state index in [4.69, 9.17) is 0 Å². The predicted octanol–water partition coefficient (Wildman–Crippen LogP) is 3.43. The van der Waals surface area contributed by atoms with Crippen LogP contribution in [0.1, 0.15) is 32.3 Å². The Balaban J connectivity index is 2.31. The van der Waals surface area contributed by atoms with Crippen LogP contribution < -0.4 is 4.90 Å². The second-order valence-corrected chi connectivity index (χ2v) is 6.08. The standard InChI is InChI=1S/C15H16F3NO2/c1-14(2)8-12(20)7-13(21)19(9-14)11-5-3-10(4-6-11)15(16,17)18/h3-6H,7-9H2,1-2H3. The van der Waals surface area contributed by atoms with E-state index in [0.717, 1.165) is 12.1 Å². The number of hydrogen-bond acceptors (Lipinski definition) is 2. The third kappa shape index (κ3) is 3.62. The summed E-state index contributed by atoms with van der Waals surface area (Å²) in [6.45, 7) is 4.03. The molecule has 114 valence electrons. The molecular weight excluding hydrogens is 283 g/mol. The Morgan fingerprint density at radius 3 is 2.19 bits per heavy atom. The Labute approximate surface area is 120 Å². The first-order valence-electron chi connectivity index (χ1n) is 6.58. The molecule has 1 aromatic rings. The smallest absolute Gasteiger partial charge is 0.312 e. The second kappa shape index (κ2) is 5.16. The zero-order valence-electron chi connectivity index (χ0n) is 11.8. The first-order chi connectivity index (χ1) is 9.58. The Hall–Kier alpha value is -1.85. The van der Waals surface area contributed by atoms with Crippen LogP contribution in [0.25, 0.3) is 0 Å². The highest BCUT2D eigenvalue weighted by molar-refractivity contribution is 6.06. The second-order valence-electron chi connectivity index (χ2n) is 6.08. The number of halogens is 3. The number of alkyl halides is 3. The van der Waals surface area contributed by atoms with Crippen molar-refractivity contribution < 1.29 is 22.8 Å². The van der Waals surface area contributed by atoms with E-state index in [2.05, 4.69) is 0 Å². The quantitative estimate of drug-likeness (QED) is 0.745. The molecule has 1 amide bonds. The molecule has 3 nitrogen and oxygen atoms in total. The molecule has 1 heterocycles. The van der Waals surface area contributed by atoms with E-state index in [1.165, 1.54) is 17.0 Å². The first kappa shape index (κ1) is 15.5. The van der Waals surface area contributed by atoms with Crippen LogP contribution in [0.5, 0.6) is 0 Å². The van der Waals surface area contributed by atoms with E-state index in [0.29, 0.717) is 12.2 Å². The van der Waals surface area contributed by atoms with Gasteiger partial charge in [-0.3, -0.25) is 9.59 Å². The van der Waals surface area contributed by atoms with Gasteiger partial charge in [-0.1, -0.05) is 13.8 Å². The summed E-state index contributed by atoms with van der Waals surface area (Å²) in [5, 5.41) is 0.